The molecule has 0 heterocycles. The molecule has 0 aliphatic rings. The average molecular weight is 240 g/mol. The minimum absolute atomic E-state index is 0.181. The van der Waals surface area contributed by atoms with E-state index in [9.17, 15) is 9.18 Å². The van der Waals surface area contributed by atoms with E-state index in [0.717, 1.165) is 10.6 Å². The number of amides is 1. The van der Waals surface area contributed by atoms with Crippen LogP contribution < -0.4 is 10.6 Å². The van der Waals surface area contributed by atoms with Crippen molar-refractivity contribution >= 4 is 5.91 Å². The molecule has 0 atom stereocenters. The quantitative estimate of drug-likeness (QED) is 0.482. The van der Waals surface area contributed by atoms with Crippen LogP contribution in [0.2, 0.25) is 0 Å². The summed E-state index contributed by atoms with van der Waals surface area (Å²) >= 11 is 0. The third-order valence-corrected chi connectivity index (χ3v) is 2.32. The molecule has 1 aromatic carbocycles. The summed E-state index contributed by atoms with van der Waals surface area (Å²) in [5, 5.41) is 1.03. The van der Waals surface area contributed by atoms with Crippen LogP contribution in [0.1, 0.15) is 18.9 Å². The third-order valence-electron chi connectivity index (χ3n) is 2.32. The zero-order valence-corrected chi connectivity index (χ0v) is 10.1. The van der Waals surface area contributed by atoms with Gasteiger partial charge in [0.15, 0.2) is 11.6 Å². The Morgan fingerprint density at radius 3 is 2.76 bits per heavy atom. The molecule has 0 fully saturated rings. The van der Waals surface area contributed by atoms with E-state index in [-0.39, 0.29) is 18.1 Å². The zero-order valence-electron chi connectivity index (χ0n) is 10.1. The van der Waals surface area contributed by atoms with E-state index in [1.807, 2.05) is 0 Å². The van der Waals surface area contributed by atoms with Crippen molar-refractivity contribution in [2.24, 2.45) is 5.84 Å². The van der Waals surface area contributed by atoms with Gasteiger partial charge in [0, 0.05) is 13.5 Å². The summed E-state index contributed by atoms with van der Waals surface area (Å²) in [5.74, 6) is 4.93. The van der Waals surface area contributed by atoms with Gasteiger partial charge in [0.2, 0.25) is 5.91 Å². The van der Waals surface area contributed by atoms with Gasteiger partial charge in [-0.15, -0.1) is 0 Å². The number of hydrazine groups is 1. The predicted octanol–water partition coefficient (Wildman–Crippen LogP) is 1.49. The van der Waals surface area contributed by atoms with E-state index in [4.69, 9.17) is 10.6 Å². The average Bonchev–Trinajstić information content (AvgIpc) is 2.29. The van der Waals surface area contributed by atoms with Gasteiger partial charge in [-0.05, 0) is 31.0 Å². The number of carbonyl (C=O) groups is 1. The standard InChI is InChI=1S/C12H17FN2O2/c1-3-17-11-6-4-9(8-10(11)13)5-7-12(16)15(2)14/h4,6,8H,3,5,7,14H2,1-2H3. The minimum atomic E-state index is -0.405. The molecule has 0 bridgehead atoms. The normalized spacial score (nSPS) is 10.1. The van der Waals surface area contributed by atoms with Gasteiger partial charge in [-0.1, -0.05) is 6.07 Å². The van der Waals surface area contributed by atoms with Gasteiger partial charge in [-0.3, -0.25) is 9.80 Å². The Kier molecular flexibility index (Phi) is 4.90. The van der Waals surface area contributed by atoms with E-state index in [1.54, 1.807) is 19.1 Å². The maximum Gasteiger partial charge on any atom is 0.236 e. The molecule has 17 heavy (non-hydrogen) atoms. The maximum absolute atomic E-state index is 13.5. The van der Waals surface area contributed by atoms with E-state index >= 15 is 0 Å². The molecule has 1 aromatic rings. The van der Waals surface area contributed by atoms with Crippen molar-refractivity contribution in [3.63, 3.8) is 0 Å². The van der Waals surface area contributed by atoms with Crippen LogP contribution in [0.3, 0.4) is 0 Å². The Bertz CT molecular complexity index is 394. The molecule has 0 saturated heterocycles. The van der Waals surface area contributed by atoms with Crippen molar-refractivity contribution in [1.82, 2.24) is 5.01 Å². The molecule has 0 spiro atoms. The lowest BCUT2D eigenvalue weighted by Gasteiger charge is -2.10. The third kappa shape index (κ3) is 4.03. The van der Waals surface area contributed by atoms with Crippen LogP contribution in [0.4, 0.5) is 4.39 Å². The van der Waals surface area contributed by atoms with E-state index in [0.29, 0.717) is 13.0 Å². The number of rotatable bonds is 5. The molecule has 5 heteroatoms. The van der Waals surface area contributed by atoms with Gasteiger partial charge in [-0.25, -0.2) is 10.2 Å². The summed E-state index contributed by atoms with van der Waals surface area (Å²) in [5.41, 5.74) is 0.751. The highest BCUT2D eigenvalue weighted by Gasteiger charge is 2.07. The van der Waals surface area contributed by atoms with Gasteiger partial charge >= 0.3 is 0 Å². The van der Waals surface area contributed by atoms with Crippen LogP contribution in [0, 0.1) is 5.82 Å². The van der Waals surface area contributed by atoms with Crippen molar-refractivity contribution in [3.05, 3.63) is 29.6 Å². The van der Waals surface area contributed by atoms with Crippen LogP contribution >= 0.6 is 0 Å². The second-order valence-corrected chi connectivity index (χ2v) is 3.70. The zero-order chi connectivity index (χ0) is 12.8. The fraction of sp³-hybridized carbons (Fsp3) is 0.417. The molecule has 0 aromatic heterocycles. The van der Waals surface area contributed by atoms with Crippen LogP contribution in [-0.2, 0) is 11.2 Å². The number of nitrogens with two attached hydrogens (primary N) is 1. The molecule has 0 aliphatic heterocycles. The van der Waals surface area contributed by atoms with E-state index in [2.05, 4.69) is 0 Å². The predicted molar refractivity (Wildman–Crippen MR) is 62.8 cm³/mol. The van der Waals surface area contributed by atoms with Gasteiger partial charge in [0.1, 0.15) is 0 Å². The fourth-order valence-corrected chi connectivity index (χ4v) is 1.40. The second kappa shape index (κ2) is 6.20. The van der Waals surface area contributed by atoms with Gasteiger partial charge in [0.25, 0.3) is 0 Å². The molecule has 0 saturated carbocycles. The van der Waals surface area contributed by atoms with Crippen molar-refractivity contribution in [2.75, 3.05) is 13.7 Å². The largest absolute Gasteiger partial charge is 0.491 e. The van der Waals surface area contributed by atoms with Crippen molar-refractivity contribution in [2.45, 2.75) is 19.8 Å². The van der Waals surface area contributed by atoms with Crippen molar-refractivity contribution in [1.29, 1.82) is 0 Å². The summed E-state index contributed by atoms with van der Waals surface area (Å²) in [6, 6.07) is 4.71. The first-order valence-corrected chi connectivity index (χ1v) is 5.47. The summed E-state index contributed by atoms with van der Waals surface area (Å²) in [6.07, 6.45) is 0.726. The number of halogens is 1. The highest BCUT2D eigenvalue weighted by Crippen LogP contribution is 2.19. The summed E-state index contributed by atoms with van der Waals surface area (Å²) in [4.78, 5) is 11.3. The topological polar surface area (TPSA) is 55.6 Å². The summed E-state index contributed by atoms with van der Waals surface area (Å²) in [6.45, 7) is 2.22. The van der Waals surface area contributed by atoms with Crippen LogP contribution in [-0.4, -0.2) is 24.6 Å². The van der Waals surface area contributed by atoms with Crippen LogP contribution in [0.15, 0.2) is 18.2 Å². The second-order valence-electron chi connectivity index (χ2n) is 3.70. The number of hydrogen-bond acceptors (Lipinski definition) is 3. The monoisotopic (exact) mass is 240 g/mol. The molecular formula is C12H17FN2O2. The van der Waals surface area contributed by atoms with E-state index in [1.165, 1.54) is 13.1 Å². The summed E-state index contributed by atoms with van der Waals surface area (Å²) < 4.78 is 18.6. The fourth-order valence-electron chi connectivity index (χ4n) is 1.40. The van der Waals surface area contributed by atoms with Crippen LogP contribution in [0.5, 0.6) is 5.75 Å². The number of nitrogens with zero attached hydrogens (tertiary/aromatic N) is 1. The lowest BCUT2D eigenvalue weighted by atomic mass is 10.1. The highest BCUT2D eigenvalue weighted by molar-refractivity contribution is 5.75. The molecule has 0 unspecified atom stereocenters. The van der Waals surface area contributed by atoms with Gasteiger partial charge in [0.05, 0.1) is 6.61 Å². The number of ether oxygens (including phenoxy) is 1. The lowest BCUT2D eigenvalue weighted by Crippen LogP contribution is -2.33. The Labute approximate surface area is 100 Å². The molecule has 94 valence electrons. The first-order chi connectivity index (χ1) is 8.04. The molecule has 0 radical (unpaired) electrons. The maximum atomic E-state index is 13.5. The van der Waals surface area contributed by atoms with Crippen molar-refractivity contribution in [3.8, 4) is 5.75 Å². The smallest absolute Gasteiger partial charge is 0.236 e. The molecule has 1 rings (SSSR count). The van der Waals surface area contributed by atoms with Gasteiger partial charge < -0.3 is 4.74 Å². The number of benzene rings is 1. The molecule has 2 N–H and O–H groups in total. The Hall–Kier alpha value is -1.62. The first-order valence-electron chi connectivity index (χ1n) is 5.47. The highest BCUT2D eigenvalue weighted by atomic mass is 19.1. The molecule has 0 aliphatic carbocycles. The van der Waals surface area contributed by atoms with E-state index < -0.39 is 5.82 Å². The number of aryl methyl sites for hydroxylation is 1. The molecule has 4 nitrogen and oxygen atoms in total. The van der Waals surface area contributed by atoms with Gasteiger partial charge in [-0.2, -0.15) is 0 Å². The Balaban J connectivity index is 2.61. The Morgan fingerprint density at radius 2 is 2.24 bits per heavy atom. The minimum Gasteiger partial charge on any atom is -0.491 e. The van der Waals surface area contributed by atoms with Crippen LogP contribution in [0.25, 0.3) is 0 Å². The lowest BCUT2D eigenvalue weighted by molar-refractivity contribution is -0.130. The number of hydrogen-bond donors (Lipinski definition) is 1. The summed E-state index contributed by atoms with van der Waals surface area (Å²) in [7, 11) is 1.49. The first kappa shape index (κ1) is 13.4. The molecule has 1 amide bonds. The SMILES string of the molecule is CCOc1ccc(CCC(=O)N(C)N)cc1F. The Morgan fingerprint density at radius 1 is 1.53 bits per heavy atom. The molecular weight excluding hydrogens is 223 g/mol. The van der Waals surface area contributed by atoms with Crippen molar-refractivity contribution < 1.29 is 13.9 Å². The number of carbonyl (C=O) groups excluding carboxylic acids is 1.